The van der Waals surface area contributed by atoms with Gasteiger partial charge < -0.3 is 15.6 Å². The number of benzene rings is 1. The van der Waals surface area contributed by atoms with Gasteiger partial charge in [-0.1, -0.05) is 6.07 Å². The molecule has 0 aliphatic heterocycles. The van der Waals surface area contributed by atoms with Crippen molar-refractivity contribution in [3.63, 3.8) is 0 Å². The van der Waals surface area contributed by atoms with Crippen molar-refractivity contribution in [3.05, 3.63) is 28.8 Å². The quantitative estimate of drug-likeness (QED) is 0.741. The number of rotatable bonds is 4. The summed E-state index contributed by atoms with van der Waals surface area (Å²) in [6.07, 6.45) is 0. The second-order valence-electron chi connectivity index (χ2n) is 3.82. The molecule has 3 N–H and O–H groups in total. The van der Waals surface area contributed by atoms with Crippen LogP contribution in [0.25, 0.3) is 0 Å². The number of aliphatic hydroxyl groups excluding tert-OH is 1. The van der Waals surface area contributed by atoms with Gasteiger partial charge in [0.25, 0.3) is 0 Å². The number of carbonyl (C=O) groups is 1. The minimum atomic E-state index is -0.893. The third-order valence-electron chi connectivity index (χ3n) is 2.42. The lowest BCUT2D eigenvalue weighted by Gasteiger charge is -2.14. The van der Waals surface area contributed by atoms with Gasteiger partial charge in [0.15, 0.2) is 5.78 Å². The molecule has 0 saturated heterocycles. The Morgan fingerprint density at radius 2 is 2.12 bits per heavy atom. The van der Waals surface area contributed by atoms with E-state index in [4.69, 9.17) is 15.6 Å². The summed E-state index contributed by atoms with van der Waals surface area (Å²) in [5.41, 5.74) is 7.80. The van der Waals surface area contributed by atoms with Crippen LogP contribution in [-0.4, -0.2) is 30.6 Å². The third-order valence-corrected chi connectivity index (χ3v) is 2.42. The standard InChI is InChI=1S/C12H17NO3/c1-7-4-8(2)12(16-3)9(5-7)11(15)10(13)6-14/h4-5,10,14H,6,13H2,1-3H3. The summed E-state index contributed by atoms with van der Waals surface area (Å²) in [6, 6.07) is 2.76. The van der Waals surface area contributed by atoms with Crippen molar-refractivity contribution in [2.45, 2.75) is 19.9 Å². The molecule has 0 saturated carbocycles. The van der Waals surface area contributed by atoms with E-state index < -0.39 is 6.04 Å². The molecular formula is C12H17NO3. The highest BCUT2D eigenvalue weighted by atomic mass is 16.5. The van der Waals surface area contributed by atoms with Gasteiger partial charge in [-0.25, -0.2) is 0 Å². The molecule has 0 fully saturated rings. The molecule has 0 radical (unpaired) electrons. The van der Waals surface area contributed by atoms with E-state index in [-0.39, 0.29) is 12.4 Å². The lowest BCUT2D eigenvalue weighted by molar-refractivity contribution is 0.0922. The molecule has 0 bridgehead atoms. The Hall–Kier alpha value is -1.39. The van der Waals surface area contributed by atoms with Crippen molar-refractivity contribution in [1.82, 2.24) is 0 Å². The smallest absolute Gasteiger partial charge is 0.185 e. The zero-order valence-electron chi connectivity index (χ0n) is 9.78. The van der Waals surface area contributed by atoms with E-state index in [9.17, 15) is 4.79 Å². The molecule has 1 atom stereocenters. The number of nitrogens with two attached hydrogens (primary N) is 1. The predicted molar refractivity (Wildman–Crippen MR) is 61.9 cm³/mol. The zero-order chi connectivity index (χ0) is 12.3. The number of aryl methyl sites for hydroxylation is 2. The molecule has 1 unspecified atom stereocenters. The normalized spacial score (nSPS) is 12.3. The average Bonchev–Trinajstić information content (AvgIpc) is 2.26. The summed E-state index contributed by atoms with van der Waals surface area (Å²) in [7, 11) is 1.51. The fraction of sp³-hybridized carbons (Fsp3) is 0.417. The van der Waals surface area contributed by atoms with Gasteiger partial charge in [-0.15, -0.1) is 0 Å². The average molecular weight is 223 g/mol. The van der Waals surface area contributed by atoms with E-state index in [0.29, 0.717) is 11.3 Å². The van der Waals surface area contributed by atoms with Crippen LogP contribution in [0.4, 0.5) is 0 Å². The first kappa shape index (κ1) is 12.7. The molecule has 4 nitrogen and oxygen atoms in total. The van der Waals surface area contributed by atoms with E-state index in [1.54, 1.807) is 6.07 Å². The molecule has 0 aliphatic carbocycles. The van der Waals surface area contributed by atoms with Crippen LogP contribution in [0.15, 0.2) is 12.1 Å². The van der Waals surface area contributed by atoms with E-state index in [0.717, 1.165) is 11.1 Å². The molecule has 1 rings (SSSR count). The molecule has 0 heterocycles. The van der Waals surface area contributed by atoms with Gasteiger partial charge in [0.1, 0.15) is 5.75 Å². The molecule has 4 heteroatoms. The maximum absolute atomic E-state index is 11.9. The number of aliphatic hydroxyl groups is 1. The van der Waals surface area contributed by atoms with Crippen molar-refractivity contribution in [2.24, 2.45) is 5.73 Å². The SMILES string of the molecule is COc1c(C)cc(C)cc1C(=O)C(N)CO. The van der Waals surface area contributed by atoms with Crippen molar-refractivity contribution < 1.29 is 14.6 Å². The second-order valence-corrected chi connectivity index (χ2v) is 3.82. The number of ether oxygens (including phenoxy) is 1. The van der Waals surface area contributed by atoms with Crippen LogP contribution in [0.5, 0.6) is 5.75 Å². The van der Waals surface area contributed by atoms with Crippen molar-refractivity contribution in [1.29, 1.82) is 0 Å². The molecule has 0 amide bonds. The molecule has 0 spiro atoms. The van der Waals surface area contributed by atoms with Gasteiger partial charge in [0.2, 0.25) is 0 Å². The highest BCUT2D eigenvalue weighted by Gasteiger charge is 2.20. The van der Waals surface area contributed by atoms with Crippen LogP contribution in [0.2, 0.25) is 0 Å². The lowest BCUT2D eigenvalue weighted by Crippen LogP contribution is -2.34. The van der Waals surface area contributed by atoms with Crippen molar-refractivity contribution in [3.8, 4) is 5.75 Å². The number of carbonyl (C=O) groups excluding carboxylic acids is 1. The fourth-order valence-electron chi connectivity index (χ4n) is 1.69. The number of ketones is 1. The Balaban J connectivity index is 3.26. The fourth-order valence-corrected chi connectivity index (χ4v) is 1.69. The summed E-state index contributed by atoms with van der Waals surface area (Å²) in [4.78, 5) is 11.9. The van der Waals surface area contributed by atoms with Gasteiger partial charge in [-0.05, 0) is 31.0 Å². The summed E-state index contributed by atoms with van der Waals surface area (Å²) >= 11 is 0. The Morgan fingerprint density at radius 3 is 2.62 bits per heavy atom. The van der Waals surface area contributed by atoms with Crippen LogP contribution in [-0.2, 0) is 0 Å². The van der Waals surface area contributed by atoms with E-state index in [2.05, 4.69) is 0 Å². The predicted octanol–water partition coefficient (Wildman–Crippen LogP) is 0.814. The summed E-state index contributed by atoms with van der Waals surface area (Å²) < 4.78 is 5.19. The number of hydrogen-bond acceptors (Lipinski definition) is 4. The molecule has 0 aliphatic rings. The van der Waals surface area contributed by atoms with Crippen LogP contribution >= 0.6 is 0 Å². The van der Waals surface area contributed by atoms with E-state index >= 15 is 0 Å². The highest BCUT2D eigenvalue weighted by molar-refractivity contribution is 6.02. The van der Waals surface area contributed by atoms with Gasteiger partial charge in [0.05, 0.1) is 25.3 Å². The second kappa shape index (κ2) is 5.09. The van der Waals surface area contributed by atoms with Gasteiger partial charge >= 0.3 is 0 Å². The van der Waals surface area contributed by atoms with Gasteiger partial charge in [-0.2, -0.15) is 0 Å². The summed E-state index contributed by atoms with van der Waals surface area (Å²) in [6.45, 7) is 3.40. The van der Waals surface area contributed by atoms with Crippen LogP contribution in [0, 0.1) is 13.8 Å². The Morgan fingerprint density at radius 1 is 1.50 bits per heavy atom. The molecule has 88 valence electrons. The Labute approximate surface area is 95.0 Å². The minimum Gasteiger partial charge on any atom is -0.496 e. The van der Waals surface area contributed by atoms with E-state index in [1.807, 2.05) is 19.9 Å². The summed E-state index contributed by atoms with van der Waals surface area (Å²) in [5, 5.41) is 8.88. The maximum Gasteiger partial charge on any atom is 0.185 e. The van der Waals surface area contributed by atoms with Gasteiger partial charge in [0, 0.05) is 0 Å². The third kappa shape index (κ3) is 2.40. The van der Waals surface area contributed by atoms with Crippen LogP contribution < -0.4 is 10.5 Å². The number of Topliss-reactive ketones (excluding diaryl/α,β-unsaturated/α-hetero) is 1. The zero-order valence-corrected chi connectivity index (χ0v) is 9.78. The van der Waals surface area contributed by atoms with Crippen LogP contribution in [0.1, 0.15) is 21.5 Å². The Bertz CT molecular complexity index is 401. The topological polar surface area (TPSA) is 72.5 Å². The summed E-state index contributed by atoms with van der Waals surface area (Å²) in [5.74, 6) is 0.227. The minimum absolute atomic E-state index is 0.300. The van der Waals surface area contributed by atoms with Crippen molar-refractivity contribution >= 4 is 5.78 Å². The molecular weight excluding hydrogens is 206 g/mol. The van der Waals surface area contributed by atoms with Crippen molar-refractivity contribution in [2.75, 3.05) is 13.7 Å². The first-order valence-electron chi connectivity index (χ1n) is 5.07. The number of methoxy groups -OCH3 is 1. The maximum atomic E-state index is 11.9. The lowest BCUT2D eigenvalue weighted by atomic mass is 9.99. The molecule has 0 aromatic heterocycles. The van der Waals surface area contributed by atoms with Gasteiger partial charge in [-0.3, -0.25) is 4.79 Å². The first-order valence-corrected chi connectivity index (χ1v) is 5.07. The van der Waals surface area contributed by atoms with E-state index in [1.165, 1.54) is 7.11 Å². The first-order chi connectivity index (χ1) is 7.51. The number of hydrogen-bond donors (Lipinski definition) is 2. The highest BCUT2D eigenvalue weighted by Crippen LogP contribution is 2.25. The molecule has 1 aromatic carbocycles. The Kier molecular flexibility index (Phi) is 4.04. The largest absolute Gasteiger partial charge is 0.496 e. The van der Waals surface area contributed by atoms with Crippen LogP contribution in [0.3, 0.4) is 0 Å². The monoisotopic (exact) mass is 223 g/mol. The molecule has 1 aromatic rings. The molecule has 16 heavy (non-hydrogen) atoms.